The topological polar surface area (TPSA) is 49.5 Å². The van der Waals surface area contributed by atoms with Gasteiger partial charge in [-0.25, -0.2) is 4.98 Å². The van der Waals surface area contributed by atoms with Gasteiger partial charge in [-0.3, -0.25) is 0 Å². The van der Waals surface area contributed by atoms with Crippen LogP contribution in [0.2, 0.25) is 6.82 Å². The predicted molar refractivity (Wildman–Crippen MR) is 83.6 cm³/mol. The van der Waals surface area contributed by atoms with E-state index in [1.165, 1.54) is 12.0 Å². The fraction of sp³-hybridized carbons (Fsp3) is 0.312. The number of rotatable bonds is 3. The van der Waals surface area contributed by atoms with E-state index in [1.807, 2.05) is 25.0 Å². The third-order valence-electron chi connectivity index (χ3n) is 4.02. The number of hydrogen-bond donors (Lipinski definition) is 1. The zero-order valence-corrected chi connectivity index (χ0v) is 12.2. The standard InChI is InChI=1S/C16H19BN2O2/c1-17(20)19-9-7-14(8-10-19)16(15-11-18-12-21-15)13-5-3-2-4-6-13/h2-6,11-12,20H,7-10H2,1H3. The van der Waals surface area contributed by atoms with E-state index in [-0.39, 0.29) is 7.05 Å². The lowest BCUT2D eigenvalue weighted by Crippen LogP contribution is -2.41. The van der Waals surface area contributed by atoms with Crippen molar-refractivity contribution < 1.29 is 9.44 Å². The van der Waals surface area contributed by atoms with Crippen LogP contribution in [-0.4, -0.2) is 35.0 Å². The Hall–Kier alpha value is -1.85. The summed E-state index contributed by atoms with van der Waals surface area (Å²) in [5.74, 6) is 0.821. The first kappa shape index (κ1) is 14.1. The Morgan fingerprint density at radius 3 is 2.52 bits per heavy atom. The summed E-state index contributed by atoms with van der Waals surface area (Å²) in [4.78, 5) is 6.15. The van der Waals surface area contributed by atoms with Crippen molar-refractivity contribution in [1.82, 2.24) is 9.79 Å². The molecule has 0 bridgehead atoms. The summed E-state index contributed by atoms with van der Waals surface area (Å²) in [6.07, 6.45) is 5.13. The molecule has 1 aromatic heterocycles. The first-order valence-electron chi connectivity index (χ1n) is 7.34. The van der Waals surface area contributed by atoms with Crippen molar-refractivity contribution in [2.75, 3.05) is 13.1 Å². The normalized spacial score (nSPS) is 16.0. The summed E-state index contributed by atoms with van der Waals surface area (Å²) < 4.78 is 5.55. The molecule has 2 aromatic rings. The molecule has 0 spiro atoms. The van der Waals surface area contributed by atoms with Crippen LogP contribution in [0.3, 0.4) is 0 Å². The van der Waals surface area contributed by atoms with Crippen LogP contribution in [0.25, 0.3) is 5.57 Å². The van der Waals surface area contributed by atoms with E-state index in [1.54, 1.807) is 6.20 Å². The van der Waals surface area contributed by atoms with Crippen LogP contribution in [-0.2, 0) is 0 Å². The molecule has 1 aliphatic heterocycles. The monoisotopic (exact) mass is 282 g/mol. The molecule has 3 rings (SSSR count). The highest BCUT2D eigenvalue weighted by Gasteiger charge is 2.24. The van der Waals surface area contributed by atoms with E-state index in [2.05, 4.69) is 21.9 Å². The Labute approximate surface area is 125 Å². The minimum atomic E-state index is -0.378. The highest BCUT2D eigenvalue weighted by molar-refractivity contribution is 6.45. The number of nitrogens with zero attached hydrogens (tertiary/aromatic N) is 2. The predicted octanol–water partition coefficient (Wildman–Crippen LogP) is 2.68. The van der Waals surface area contributed by atoms with Crippen LogP contribution in [0.1, 0.15) is 24.2 Å². The molecular formula is C16H19BN2O2. The number of hydrogen-bond acceptors (Lipinski definition) is 4. The van der Waals surface area contributed by atoms with Crippen LogP contribution >= 0.6 is 0 Å². The molecule has 2 heterocycles. The van der Waals surface area contributed by atoms with Gasteiger partial charge in [0.05, 0.1) is 6.20 Å². The average Bonchev–Trinajstić information content (AvgIpc) is 3.03. The van der Waals surface area contributed by atoms with E-state index < -0.39 is 0 Å². The Morgan fingerprint density at radius 2 is 1.95 bits per heavy atom. The Bertz CT molecular complexity index is 598. The van der Waals surface area contributed by atoms with Gasteiger partial charge in [-0.2, -0.15) is 0 Å². The van der Waals surface area contributed by atoms with Crippen LogP contribution < -0.4 is 0 Å². The SMILES string of the molecule is CB(O)N1CCC(=C(c2ccccc2)c2cnco2)CC1. The van der Waals surface area contributed by atoms with Crippen LogP contribution in [0.15, 0.2) is 52.9 Å². The maximum absolute atomic E-state index is 9.68. The van der Waals surface area contributed by atoms with Crippen molar-refractivity contribution in [3.05, 3.63) is 59.8 Å². The number of benzene rings is 1. The number of oxazole rings is 1. The lowest BCUT2D eigenvalue weighted by atomic mass is 9.81. The van der Waals surface area contributed by atoms with Crippen molar-refractivity contribution in [3.63, 3.8) is 0 Å². The Morgan fingerprint density at radius 1 is 1.24 bits per heavy atom. The quantitative estimate of drug-likeness (QED) is 0.879. The van der Waals surface area contributed by atoms with Crippen molar-refractivity contribution in [1.29, 1.82) is 0 Å². The molecule has 0 unspecified atom stereocenters. The highest BCUT2D eigenvalue weighted by atomic mass is 16.3. The molecule has 0 amide bonds. The summed E-state index contributed by atoms with van der Waals surface area (Å²) in [6, 6.07) is 10.3. The van der Waals surface area contributed by atoms with Crippen LogP contribution in [0, 0.1) is 0 Å². The lowest BCUT2D eigenvalue weighted by Gasteiger charge is -2.30. The third kappa shape index (κ3) is 3.09. The summed E-state index contributed by atoms with van der Waals surface area (Å²) in [6.45, 7) is 3.57. The molecule has 0 atom stereocenters. The van der Waals surface area contributed by atoms with Crippen LogP contribution in [0.4, 0.5) is 0 Å². The smallest absolute Gasteiger partial charge is 0.376 e. The van der Waals surface area contributed by atoms with Crippen LogP contribution in [0.5, 0.6) is 0 Å². The molecule has 1 saturated heterocycles. The zero-order chi connectivity index (χ0) is 14.7. The summed E-state index contributed by atoms with van der Waals surface area (Å²) in [5.41, 5.74) is 3.68. The van der Waals surface area contributed by atoms with Gasteiger partial charge in [0.2, 0.25) is 0 Å². The van der Waals surface area contributed by atoms with E-state index in [0.29, 0.717) is 0 Å². The van der Waals surface area contributed by atoms with E-state index >= 15 is 0 Å². The van der Waals surface area contributed by atoms with Gasteiger partial charge in [0, 0.05) is 5.57 Å². The summed E-state index contributed by atoms with van der Waals surface area (Å²) in [5, 5.41) is 9.68. The fourth-order valence-corrected chi connectivity index (χ4v) is 2.88. The van der Waals surface area contributed by atoms with Gasteiger partial charge in [-0.05, 0) is 38.3 Å². The number of aromatic nitrogens is 1. The molecule has 1 aliphatic rings. The van der Waals surface area contributed by atoms with Crippen molar-refractivity contribution in [2.24, 2.45) is 0 Å². The van der Waals surface area contributed by atoms with Crippen molar-refractivity contribution >= 4 is 12.6 Å². The second-order valence-electron chi connectivity index (χ2n) is 5.38. The molecule has 1 N–H and O–H groups in total. The summed E-state index contributed by atoms with van der Waals surface area (Å²) in [7, 11) is -0.378. The molecule has 21 heavy (non-hydrogen) atoms. The minimum absolute atomic E-state index is 0.378. The molecule has 1 aromatic carbocycles. The van der Waals surface area contributed by atoms with Crippen molar-refractivity contribution in [3.8, 4) is 0 Å². The Balaban J connectivity index is 1.95. The second-order valence-corrected chi connectivity index (χ2v) is 5.38. The van der Waals surface area contributed by atoms with Gasteiger partial charge in [-0.1, -0.05) is 35.9 Å². The van der Waals surface area contributed by atoms with Gasteiger partial charge in [0.1, 0.15) is 0 Å². The zero-order valence-electron chi connectivity index (χ0n) is 12.2. The first-order chi connectivity index (χ1) is 10.3. The average molecular weight is 282 g/mol. The number of piperidine rings is 1. The largest absolute Gasteiger partial charge is 0.443 e. The van der Waals surface area contributed by atoms with Gasteiger partial charge < -0.3 is 14.3 Å². The molecule has 5 heteroatoms. The first-order valence-corrected chi connectivity index (χ1v) is 7.34. The maximum atomic E-state index is 9.68. The third-order valence-corrected chi connectivity index (χ3v) is 4.02. The molecule has 1 fully saturated rings. The van der Waals surface area contributed by atoms with E-state index in [9.17, 15) is 5.02 Å². The van der Waals surface area contributed by atoms with E-state index in [4.69, 9.17) is 4.42 Å². The van der Waals surface area contributed by atoms with Gasteiger partial charge >= 0.3 is 7.05 Å². The van der Waals surface area contributed by atoms with Crippen molar-refractivity contribution in [2.45, 2.75) is 19.7 Å². The lowest BCUT2D eigenvalue weighted by molar-refractivity contribution is 0.345. The molecule has 0 radical (unpaired) electrons. The van der Waals surface area contributed by atoms with E-state index in [0.717, 1.165) is 42.8 Å². The highest BCUT2D eigenvalue weighted by Crippen LogP contribution is 2.32. The molecular weight excluding hydrogens is 263 g/mol. The Kier molecular flexibility index (Phi) is 4.22. The fourth-order valence-electron chi connectivity index (χ4n) is 2.88. The van der Waals surface area contributed by atoms with Gasteiger partial charge in [0.25, 0.3) is 0 Å². The molecule has 108 valence electrons. The minimum Gasteiger partial charge on any atom is -0.443 e. The summed E-state index contributed by atoms with van der Waals surface area (Å²) >= 11 is 0. The second kappa shape index (κ2) is 6.29. The van der Waals surface area contributed by atoms with Gasteiger partial charge in [-0.15, -0.1) is 0 Å². The molecule has 0 aliphatic carbocycles. The molecule has 0 saturated carbocycles. The van der Waals surface area contributed by atoms with Gasteiger partial charge in [0.15, 0.2) is 12.2 Å². The maximum Gasteiger partial charge on any atom is 0.376 e. The molecule has 4 nitrogen and oxygen atoms in total.